The number of aromatic amines is 1. The van der Waals surface area contributed by atoms with Gasteiger partial charge < -0.3 is 21.1 Å². The molecule has 2 fully saturated rings. The average molecular weight is 466 g/mol. The molecule has 2 saturated carbocycles. The molecule has 0 amide bonds. The second-order valence-electron chi connectivity index (χ2n) is 9.94. The molecular weight excluding hydrogens is 438 g/mol. The van der Waals surface area contributed by atoms with E-state index in [2.05, 4.69) is 32.4 Å². The maximum absolute atomic E-state index is 10.3. The summed E-state index contributed by atoms with van der Waals surface area (Å²) < 4.78 is 0. The summed E-state index contributed by atoms with van der Waals surface area (Å²) in [5.41, 5.74) is 10.9. The van der Waals surface area contributed by atoms with E-state index in [1.165, 1.54) is 12.0 Å². The van der Waals surface area contributed by atoms with Gasteiger partial charge in [-0.2, -0.15) is 0 Å². The minimum atomic E-state index is -0.501. The predicted octanol–water partition coefficient (Wildman–Crippen LogP) is 4.25. The van der Waals surface area contributed by atoms with Crippen LogP contribution in [0.4, 0.5) is 5.82 Å². The van der Waals surface area contributed by atoms with Crippen molar-refractivity contribution in [1.82, 2.24) is 24.9 Å². The molecule has 0 radical (unpaired) electrons. The molecule has 3 unspecified atom stereocenters. The highest BCUT2D eigenvalue weighted by atomic mass is 16.3. The van der Waals surface area contributed by atoms with E-state index in [1.807, 2.05) is 30.6 Å². The minimum Gasteiger partial charge on any atom is -0.391 e. The Balaban J connectivity index is 1.44. The van der Waals surface area contributed by atoms with Crippen molar-refractivity contribution >= 4 is 38.7 Å². The first kappa shape index (κ1) is 20.7. The Morgan fingerprint density at radius 1 is 1.03 bits per heavy atom. The Morgan fingerprint density at radius 2 is 1.91 bits per heavy atom. The molecule has 8 nitrogen and oxygen atoms in total. The van der Waals surface area contributed by atoms with Crippen LogP contribution in [0, 0.1) is 0 Å². The molecule has 2 aliphatic rings. The van der Waals surface area contributed by atoms with Gasteiger partial charge in [-0.15, -0.1) is 0 Å². The molecule has 4 aromatic heterocycles. The van der Waals surface area contributed by atoms with E-state index in [-0.39, 0.29) is 12.1 Å². The van der Waals surface area contributed by atoms with Crippen LogP contribution in [0.2, 0.25) is 0 Å². The molecule has 3 atom stereocenters. The summed E-state index contributed by atoms with van der Waals surface area (Å²) in [7, 11) is 0. The topological polar surface area (TPSA) is 126 Å². The molecule has 176 valence electrons. The van der Waals surface area contributed by atoms with E-state index in [0.717, 1.165) is 57.1 Å². The third kappa shape index (κ3) is 3.36. The first-order valence-electron chi connectivity index (χ1n) is 12.4. The average Bonchev–Trinajstić information content (AvgIpc) is 3.36. The van der Waals surface area contributed by atoms with Gasteiger partial charge in [0, 0.05) is 51.7 Å². The molecule has 8 heteroatoms. The van der Waals surface area contributed by atoms with Crippen LogP contribution in [-0.2, 0) is 0 Å². The van der Waals surface area contributed by atoms with Gasteiger partial charge in [0.05, 0.1) is 17.8 Å². The number of nitrogens with zero attached hydrogens (tertiary/aromatic N) is 4. The standard InChI is InChI=1S/C27H27N7O/c28-19-10-15(11-22(19)35)31-27-24-18(14-4-3-5-14)12-29-13-21(24)33-25(34-27)17-8-9-30-26-23(17)16-6-1-2-7-20(16)32-26/h1-2,6-9,12-15,19,22,35H,3-5,10-11,28H2,(H,30,32)(H,31,33,34). The normalized spacial score (nSPS) is 22.7. The summed E-state index contributed by atoms with van der Waals surface area (Å²) in [6.45, 7) is 0. The number of para-hydroxylation sites is 1. The lowest BCUT2D eigenvalue weighted by molar-refractivity contribution is 0.164. The van der Waals surface area contributed by atoms with E-state index in [9.17, 15) is 5.11 Å². The van der Waals surface area contributed by atoms with Crippen molar-refractivity contribution in [3.8, 4) is 11.4 Å². The fourth-order valence-electron chi connectivity index (χ4n) is 5.68. The Hall–Kier alpha value is -3.62. The van der Waals surface area contributed by atoms with Crippen LogP contribution in [0.1, 0.15) is 43.6 Å². The number of hydrogen-bond donors (Lipinski definition) is 4. The summed E-state index contributed by atoms with van der Waals surface area (Å²) >= 11 is 0. The summed E-state index contributed by atoms with van der Waals surface area (Å²) in [6.07, 6.45) is 9.97. The quantitative estimate of drug-likeness (QED) is 0.313. The van der Waals surface area contributed by atoms with Crippen molar-refractivity contribution in [3.05, 3.63) is 54.5 Å². The molecule has 0 spiro atoms. The summed E-state index contributed by atoms with van der Waals surface area (Å²) in [6, 6.07) is 10.0. The highest BCUT2D eigenvalue weighted by molar-refractivity contribution is 6.12. The van der Waals surface area contributed by atoms with Gasteiger partial charge in [0.15, 0.2) is 5.82 Å². The third-order valence-electron chi connectivity index (χ3n) is 7.74. The molecule has 7 rings (SSSR count). The Bertz CT molecular complexity index is 1560. The summed E-state index contributed by atoms with van der Waals surface area (Å²) in [5, 5.41) is 17.0. The molecule has 5 N–H and O–H groups in total. The molecule has 0 bridgehead atoms. The van der Waals surface area contributed by atoms with Crippen LogP contribution in [0.3, 0.4) is 0 Å². The van der Waals surface area contributed by atoms with Gasteiger partial charge in [0.1, 0.15) is 11.5 Å². The summed E-state index contributed by atoms with van der Waals surface area (Å²) in [5.74, 6) is 1.91. The molecule has 0 saturated heterocycles. The molecular formula is C27H27N7O. The number of H-pyrrole nitrogens is 1. The highest BCUT2D eigenvalue weighted by Crippen LogP contribution is 2.42. The van der Waals surface area contributed by atoms with E-state index in [0.29, 0.717) is 24.6 Å². The van der Waals surface area contributed by atoms with Crippen molar-refractivity contribution in [2.75, 3.05) is 5.32 Å². The zero-order valence-electron chi connectivity index (χ0n) is 19.3. The van der Waals surface area contributed by atoms with Crippen molar-refractivity contribution < 1.29 is 5.11 Å². The number of rotatable bonds is 4. The van der Waals surface area contributed by atoms with Gasteiger partial charge in [-0.05, 0) is 49.3 Å². The lowest BCUT2D eigenvalue weighted by Gasteiger charge is -2.27. The monoisotopic (exact) mass is 465 g/mol. The van der Waals surface area contributed by atoms with Crippen LogP contribution in [0.25, 0.3) is 44.2 Å². The third-order valence-corrected chi connectivity index (χ3v) is 7.74. The van der Waals surface area contributed by atoms with Crippen molar-refractivity contribution in [2.24, 2.45) is 5.73 Å². The second kappa shape index (κ2) is 7.96. The number of aromatic nitrogens is 5. The second-order valence-corrected chi connectivity index (χ2v) is 9.94. The molecule has 4 heterocycles. The molecule has 0 aliphatic heterocycles. The number of aliphatic hydroxyl groups excluding tert-OH is 1. The van der Waals surface area contributed by atoms with Crippen molar-refractivity contribution in [1.29, 1.82) is 0 Å². The zero-order chi connectivity index (χ0) is 23.5. The van der Waals surface area contributed by atoms with E-state index in [1.54, 1.807) is 6.20 Å². The molecule has 5 aromatic rings. The maximum Gasteiger partial charge on any atom is 0.163 e. The maximum atomic E-state index is 10.3. The fraction of sp³-hybridized carbons (Fsp3) is 0.333. The largest absolute Gasteiger partial charge is 0.391 e. The fourth-order valence-corrected chi connectivity index (χ4v) is 5.68. The SMILES string of the molecule is NC1CC(Nc2nc(-c3ccnc4[nH]c5ccccc5c34)nc3cncc(C4CCC4)c23)CC1O. The van der Waals surface area contributed by atoms with E-state index < -0.39 is 6.10 Å². The van der Waals surface area contributed by atoms with Crippen molar-refractivity contribution in [3.63, 3.8) is 0 Å². The van der Waals surface area contributed by atoms with Crippen LogP contribution in [-0.4, -0.2) is 48.2 Å². The van der Waals surface area contributed by atoms with Gasteiger partial charge in [0.2, 0.25) is 0 Å². The molecule has 35 heavy (non-hydrogen) atoms. The number of aliphatic hydroxyl groups is 1. The Kier molecular flexibility index (Phi) is 4.72. The lowest BCUT2D eigenvalue weighted by atomic mass is 9.79. The molecule has 2 aliphatic carbocycles. The number of anilines is 1. The van der Waals surface area contributed by atoms with Crippen LogP contribution in [0.5, 0.6) is 0 Å². The predicted molar refractivity (Wildman–Crippen MR) is 137 cm³/mol. The number of nitrogens with two attached hydrogens (primary N) is 1. The first-order valence-corrected chi connectivity index (χ1v) is 12.4. The van der Waals surface area contributed by atoms with Gasteiger partial charge in [-0.25, -0.2) is 15.0 Å². The Labute approximate surface area is 202 Å². The number of hydrogen-bond acceptors (Lipinski definition) is 7. The number of nitrogens with one attached hydrogen (secondary N) is 2. The van der Waals surface area contributed by atoms with E-state index in [4.69, 9.17) is 15.7 Å². The van der Waals surface area contributed by atoms with Crippen LogP contribution in [0.15, 0.2) is 48.9 Å². The highest BCUT2D eigenvalue weighted by Gasteiger charge is 2.32. The molecule has 1 aromatic carbocycles. The minimum absolute atomic E-state index is 0.0545. The summed E-state index contributed by atoms with van der Waals surface area (Å²) in [4.78, 5) is 22.7. The lowest BCUT2D eigenvalue weighted by Crippen LogP contribution is -2.28. The van der Waals surface area contributed by atoms with Gasteiger partial charge in [-0.1, -0.05) is 24.6 Å². The van der Waals surface area contributed by atoms with Gasteiger partial charge in [0.25, 0.3) is 0 Å². The smallest absolute Gasteiger partial charge is 0.163 e. The van der Waals surface area contributed by atoms with E-state index >= 15 is 0 Å². The Morgan fingerprint density at radius 3 is 2.71 bits per heavy atom. The first-order chi connectivity index (χ1) is 17.2. The van der Waals surface area contributed by atoms with Crippen molar-refractivity contribution in [2.45, 2.75) is 56.2 Å². The van der Waals surface area contributed by atoms with Crippen LogP contribution < -0.4 is 11.1 Å². The van der Waals surface area contributed by atoms with Gasteiger partial charge in [-0.3, -0.25) is 4.98 Å². The number of benzene rings is 1. The zero-order valence-corrected chi connectivity index (χ0v) is 19.3. The number of fused-ring (bicyclic) bond motifs is 4. The van der Waals surface area contributed by atoms with Gasteiger partial charge >= 0.3 is 0 Å². The van der Waals surface area contributed by atoms with Crippen LogP contribution >= 0.6 is 0 Å². The number of pyridine rings is 2.